The summed E-state index contributed by atoms with van der Waals surface area (Å²) in [5.41, 5.74) is 8.27. The monoisotopic (exact) mass is 327 g/mol. The molecule has 4 heteroatoms. The molecule has 0 saturated carbocycles. The lowest BCUT2D eigenvalue weighted by molar-refractivity contribution is -0.143. The molecule has 106 valence electrons. The number of hydrogen-bond donors (Lipinski definition) is 1. The summed E-state index contributed by atoms with van der Waals surface area (Å²) in [7, 11) is 0. The van der Waals surface area contributed by atoms with Gasteiger partial charge in [-0.15, -0.1) is 0 Å². The summed E-state index contributed by atoms with van der Waals surface area (Å²) in [6.45, 7) is 8.62. The van der Waals surface area contributed by atoms with Crippen LogP contribution in [0.2, 0.25) is 0 Å². The Hall–Kier alpha value is -0.870. The van der Waals surface area contributed by atoms with Gasteiger partial charge in [-0.2, -0.15) is 0 Å². The van der Waals surface area contributed by atoms with Crippen LogP contribution >= 0.6 is 15.9 Å². The van der Waals surface area contributed by atoms with Gasteiger partial charge in [0.05, 0.1) is 13.0 Å². The maximum absolute atomic E-state index is 11.5. The van der Waals surface area contributed by atoms with Crippen LogP contribution in [0.3, 0.4) is 0 Å². The molecule has 1 aromatic rings. The van der Waals surface area contributed by atoms with Crippen LogP contribution in [0.15, 0.2) is 22.7 Å². The van der Waals surface area contributed by atoms with Gasteiger partial charge in [-0.25, -0.2) is 0 Å². The van der Waals surface area contributed by atoms with Crippen LogP contribution in [-0.4, -0.2) is 12.6 Å². The molecule has 0 aromatic heterocycles. The standard InChI is InChI=1S/C15H22BrNO2/c1-5-19-14(18)9-13(17)10-6-11(15(2,3)4)8-12(16)7-10/h6-8,13H,5,9,17H2,1-4H3/t13-/m0/s1. The van der Waals surface area contributed by atoms with Gasteiger partial charge in [-0.1, -0.05) is 42.8 Å². The number of nitrogens with two attached hydrogens (primary N) is 1. The highest BCUT2D eigenvalue weighted by Gasteiger charge is 2.18. The molecule has 1 atom stereocenters. The van der Waals surface area contributed by atoms with E-state index in [1.165, 1.54) is 5.56 Å². The quantitative estimate of drug-likeness (QED) is 0.858. The van der Waals surface area contributed by atoms with E-state index in [1.807, 2.05) is 6.07 Å². The summed E-state index contributed by atoms with van der Waals surface area (Å²) < 4.78 is 5.91. The molecular weight excluding hydrogens is 306 g/mol. The van der Waals surface area contributed by atoms with E-state index in [9.17, 15) is 4.79 Å². The van der Waals surface area contributed by atoms with Crippen molar-refractivity contribution < 1.29 is 9.53 Å². The molecule has 1 aromatic carbocycles. The van der Waals surface area contributed by atoms with E-state index in [4.69, 9.17) is 10.5 Å². The second-order valence-electron chi connectivity index (χ2n) is 5.64. The number of hydrogen-bond acceptors (Lipinski definition) is 3. The van der Waals surface area contributed by atoms with Crippen LogP contribution in [0.4, 0.5) is 0 Å². The Morgan fingerprint density at radius 3 is 2.53 bits per heavy atom. The Labute approximate surface area is 123 Å². The minimum Gasteiger partial charge on any atom is -0.466 e. The molecular formula is C15H22BrNO2. The molecule has 0 saturated heterocycles. The van der Waals surface area contributed by atoms with Gasteiger partial charge in [0.15, 0.2) is 0 Å². The van der Waals surface area contributed by atoms with Crippen molar-refractivity contribution in [2.45, 2.75) is 45.6 Å². The van der Waals surface area contributed by atoms with E-state index in [-0.39, 0.29) is 23.8 Å². The fraction of sp³-hybridized carbons (Fsp3) is 0.533. The first kappa shape index (κ1) is 16.2. The van der Waals surface area contributed by atoms with Gasteiger partial charge >= 0.3 is 5.97 Å². The molecule has 0 aliphatic rings. The van der Waals surface area contributed by atoms with E-state index in [2.05, 4.69) is 48.8 Å². The van der Waals surface area contributed by atoms with Crippen molar-refractivity contribution in [1.29, 1.82) is 0 Å². The molecule has 19 heavy (non-hydrogen) atoms. The zero-order valence-electron chi connectivity index (χ0n) is 12.0. The van der Waals surface area contributed by atoms with Crippen LogP contribution < -0.4 is 5.73 Å². The average Bonchev–Trinajstić information content (AvgIpc) is 2.27. The third kappa shape index (κ3) is 4.96. The van der Waals surface area contributed by atoms with E-state index < -0.39 is 0 Å². The summed E-state index contributed by atoms with van der Waals surface area (Å²) in [4.78, 5) is 11.5. The largest absolute Gasteiger partial charge is 0.466 e. The van der Waals surface area contributed by atoms with Gasteiger partial charge in [0.2, 0.25) is 0 Å². The van der Waals surface area contributed by atoms with Gasteiger partial charge < -0.3 is 10.5 Å². The van der Waals surface area contributed by atoms with Crippen molar-refractivity contribution in [2.75, 3.05) is 6.61 Å². The Balaban J connectivity index is 2.94. The number of carbonyl (C=O) groups is 1. The maximum Gasteiger partial charge on any atom is 0.307 e. The molecule has 0 amide bonds. The van der Waals surface area contributed by atoms with Crippen LogP contribution in [0.25, 0.3) is 0 Å². The number of esters is 1. The molecule has 0 aliphatic heterocycles. The molecule has 3 nitrogen and oxygen atoms in total. The minimum atomic E-state index is -0.336. The zero-order valence-corrected chi connectivity index (χ0v) is 13.6. The number of benzene rings is 1. The molecule has 0 unspecified atom stereocenters. The lowest BCUT2D eigenvalue weighted by Crippen LogP contribution is -2.19. The van der Waals surface area contributed by atoms with Crippen molar-refractivity contribution in [2.24, 2.45) is 5.73 Å². The molecule has 0 spiro atoms. The summed E-state index contributed by atoms with van der Waals surface area (Å²) >= 11 is 3.50. The van der Waals surface area contributed by atoms with Gasteiger partial charge in [-0.05, 0) is 35.6 Å². The first-order valence-electron chi connectivity index (χ1n) is 6.46. The second-order valence-corrected chi connectivity index (χ2v) is 6.55. The topological polar surface area (TPSA) is 52.3 Å². The summed E-state index contributed by atoms with van der Waals surface area (Å²) in [6.07, 6.45) is 0.202. The first-order valence-corrected chi connectivity index (χ1v) is 7.25. The van der Waals surface area contributed by atoms with Gasteiger partial charge in [0.25, 0.3) is 0 Å². The first-order chi connectivity index (χ1) is 8.74. The molecule has 0 aliphatic carbocycles. The van der Waals surface area contributed by atoms with Crippen molar-refractivity contribution in [3.63, 3.8) is 0 Å². The Morgan fingerprint density at radius 2 is 2.00 bits per heavy atom. The zero-order chi connectivity index (χ0) is 14.6. The SMILES string of the molecule is CCOC(=O)C[C@H](N)c1cc(Br)cc(C(C)(C)C)c1. The predicted molar refractivity (Wildman–Crippen MR) is 81.0 cm³/mol. The Kier molecular flexibility index (Phi) is 5.56. The molecule has 0 radical (unpaired) electrons. The summed E-state index contributed by atoms with van der Waals surface area (Å²) in [6, 6.07) is 5.77. The van der Waals surface area contributed by atoms with Crippen molar-refractivity contribution in [3.05, 3.63) is 33.8 Å². The van der Waals surface area contributed by atoms with Crippen molar-refractivity contribution in [3.8, 4) is 0 Å². The van der Waals surface area contributed by atoms with Crippen molar-refractivity contribution in [1.82, 2.24) is 0 Å². The summed E-state index contributed by atoms with van der Waals surface area (Å²) in [5.74, 6) is -0.257. The van der Waals surface area contributed by atoms with Crippen LogP contribution in [-0.2, 0) is 14.9 Å². The lowest BCUT2D eigenvalue weighted by Gasteiger charge is -2.22. The molecule has 0 bridgehead atoms. The summed E-state index contributed by atoms with van der Waals surface area (Å²) in [5, 5.41) is 0. The average molecular weight is 328 g/mol. The van der Waals surface area contributed by atoms with E-state index in [1.54, 1.807) is 6.92 Å². The fourth-order valence-electron chi connectivity index (χ4n) is 1.78. The van der Waals surface area contributed by atoms with Crippen LogP contribution in [0.1, 0.15) is 51.3 Å². The highest BCUT2D eigenvalue weighted by Crippen LogP contribution is 2.29. The van der Waals surface area contributed by atoms with Gasteiger partial charge in [-0.3, -0.25) is 4.79 Å². The molecule has 0 fully saturated rings. The molecule has 2 N–H and O–H groups in total. The number of halogens is 1. The highest BCUT2D eigenvalue weighted by molar-refractivity contribution is 9.10. The Bertz CT molecular complexity index is 452. The minimum absolute atomic E-state index is 0.0438. The van der Waals surface area contributed by atoms with Crippen LogP contribution in [0.5, 0.6) is 0 Å². The molecule has 0 heterocycles. The maximum atomic E-state index is 11.5. The van der Waals surface area contributed by atoms with E-state index >= 15 is 0 Å². The van der Waals surface area contributed by atoms with Gasteiger partial charge in [0.1, 0.15) is 0 Å². The van der Waals surface area contributed by atoms with Crippen LogP contribution in [0, 0.1) is 0 Å². The normalized spacial score (nSPS) is 13.2. The van der Waals surface area contributed by atoms with E-state index in [0.29, 0.717) is 6.61 Å². The number of rotatable bonds is 4. The smallest absolute Gasteiger partial charge is 0.307 e. The van der Waals surface area contributed by atoms with Gasteiger partial charge in [0, 0.05) is 10.5 Å². The number of ether oxygens (including phenoxy) is 1. The third-order valence-corrected chi connectivity index (χ3v) is 3.36. The van der Waals surface area contributed by atoms with E-state index in [0.717, 1.165) is 10.0 Å². The molecule has 1 rings (SSSR count). The van der Waals surface area contributed by atoms with Crippen molar-refractivity contribution >= 4 is 21.9 Å². The lowest BCUT2D eigenvalue weighted by atomic mass is 9.85. The predicted octanol–water partition coefficient (Wildman–Crippen LogP) is 3.70. The third-order valence-electron chi connectivity index (χ3n) is 2.91. The highest BCUT2D eigenvalue weighted by atomic mass is 79.9. The fourth-order valence-corrected chi connectivity index (χ4v) is 2.29. The number of carbonyl (C=O) groups excluding carboxylic acids is 1. The second kappa shape index (κ2) is 6.53. The Morgan fingerprint density at radius 1 is 1.37 bits per heavy atom.